The fourth-order valence-corrected chi connectivity index (χ4v) is 2.98. The number of halogens is 1. The smallest absolute Gasteiger partial charge is 0.325 e. The SMILES string of the molecule is Cc1cc(C(=O)COC(=O)CNC(=O)c2ccc(F)cc2)c(C)n1C(C)C. The summed E-state index contributed by atoms with van der Waals surface area (Å²) in [5.41, 5.74) is 2.53. The average molecular weight is 374 g/mol. The van der Waals surface area contributed by atoms with E-state index in [1.165, 1.54) is 12.1 Å². The predicted octanol–water partition coefficient (Wildman–Crippen LogP) is 2.98. The Balaban J connectivity index is 1.86. The lowest BCUT2D eigenvalue weighted by molar-refractivity contribution is -0.141. The van der Waals surface area contributed by atoms with Gasteiger partial charge in [0.15, 0.2) is 6.61 Å². The maximum atomic E-state index is 12.8. The third kappa shape index (κ3) is 5.03. The van der Waals surface area contributed by atoms with E-state index in [0.717, 1.165) is 23.5 Å². The number of hydrogen-bond acceptors (Lipinski definition) is 4. The minimum Gasteiger partial charge on any atom is -0.456 e. The van der Waals surface area contributed by atoms with E-state index in [2.05, 4.69) is 5.32 Å². The molecule has 6 nitrogen and oxygen atoms in total. The van der Waals surface area contributed by atoms with E-state index in [1.54, 1.807) is 6.07 Å². The van der Waals surface area contributed by atoms with E-state index in [4.69, 9.17) is 4.74 Å². The molecule has 1 N–H and O–H groups in total. The number of esters is 1. The van der Waals surface area contributed by atoms with Crippen molar-refractivity contribution in [1.82, 2.24) is 9.88 Å². The van der Waals surface area contributed by atoms with Crippen LogP contribution in [0.15, 0.2) is 30.3 Å². The Morgan fingerprint density at radius 3 is 2.33 bits per heavy atom. The van der Waals surface area contributed by atoms with Crippen molar-refractivity contribution in [2.75, 3.05) is 13.2 Å². The lowest BCUT2D eigenvalue weighted by Crippen LogP contribution is -2.31. The number of carbonyl (C=O) groups excluding carboxylic acids is 3. The van der Waals surface area contributed by atoms with Gasteiger partial charge in [-0.05, 0) is 58.0 Å². The summed E-state index contributed by atoms with van der Waals surface area (Å²) < 4.78 is 19.8. The van der Waals surface area contributed by atoms with Crippen LogP contribution in [0.5, 0.6) is 0 Å². The van der Waals surface area contributed by atoms with Crippen LogP contribution in [0.3, 0.4) is 0 Å². The largest absolute Gasteiger partial charge is 0.456 e. The zero-order valence-electron chi connectivity index (χ0n) is 15.8. The molecular formula is C20H23FN2O4. The first-order chi connectivity index (χ1) is 12.7. The van der Waals surface area contributed by atoms with Gasteiger partial charge in [-0.1, -0.05) is 0 Å². The number of benzene rings is 1. The van der Waals surface area contributed by atoms with Crippen molar-refractivity contribution >= 4 is 17.7 Å². The zero-order chi connectivity index (χ0) is 20.1. The second-order valence-electron chi connectivity index (χ2n) is 6.52. The van der Waals surface area contributed by atoms with Gasteiger partial charge in [0.05, 0.1) is 0 Å². The quantitative estimate of drug-likeness (QED) is 0.597. The van der Waals surface area contributed by atoms with Gasteiger partial charge in [0.1, 0.15) is 12.4 Å². The first-order valence-corrected chi connectivity index (χ1v) is 8.61. The molecule has 0 saturated heterocycles. The van der Waals surface area contributed by atoms with E-state index < -0.39 is 24.3 Å². The third-order valence-corrected chi connectivity index (χ3v) is 4.17. The van der Waals surface area contributed by atoms with Gasteiger partial charge < -0.3 is 14.6 Å². The van der Waals surface area contributed by atoms with E-state index in [1.807, 2.05) is 32.3 Å². The third-order valence-electron chi connectivity index (χ3n) is 4.17. The molecule has 144 valence electrons. The summed E-state index contributed by atoms with van der Waals surface area (Å²) in [5, 5.41) is 2.37. The molecule has 7 heteroatoms. The van der Waals surface area contributed by atoms with Crippen molar-refractivity contribution in [2.45, 2.75) is 33.7 Å². The average Bonchev–Trinajstić information content (AvgIpc) is 2.92. The molecule has 0 radical (unpaired) electrons. The topological polar surface area (TPSA) is 77.4 Å². The number of ether oxygens (including phenoxy) is 1. The molecule has 1 aromatic heterocycles. The summed E-state index contributed by atoms with van der Waals surface area (Å²) in [6.45, 7) is 7.05. The van der Waals surface area contributed by atoms with Crippen LogP contribution in [0.1, 0.15) is 52.0 Å². The highest BCUT2D eigenvalue weighted by molar-refractivity contribution is 6.00. The molecule has 0 atom stereocenters. The molecule has 0 fully saturated rings. The van der Waals surface area contributed by atoms with Gasteiger partial charge in [0.2, 0.25) is 5.78 Å². The molecule has 27 heavy (non-hydrogen) atoms. The molecule has 1 heterocycles. The highest BCUT2D eigenvalue weighted by Gasteiger charge is 2.18. The Morgan fingerprint density at radius 1 is 1.15 bits per heavy atom. The Bertz CT molecular complexity index is 854. The van der Waals surface area contributed by atoms with E-state index in [0.29, 0.717) is 5.56 Å². The second kappa shape index (κ2) is 8.62. The van der Waals surface area contributed by atoms with Crippen molar-refractivity contribution < 1.29 is 23.5 Å². The van der Waals surface area contributed by atoms with Gasteiger partial charge in [-0.2, -0.15) is 0 Å². The van der Waals surface area contributed by atoms with Crippen molar-refractivity contribution in [1.29, 1.82) is 0 Å². The molecule has 2 rings (SSSR count). The standard InChI is InChI=1S/C20H23FN2O4/c1-12(2)23-13(3)9-17(14(23)4)18(24)11-27-19(25)10-22-20(26)15-5-7-16(21)8-6-15/h5-9,12H,10-11H2,1-4H3,(H,22,26). The summed E-state index contributed by atoms with van der Waals surface area (Å²) in [4.78, 5) is 36.0. The van der Waals surface area contributed by atoms with Gasteiger partial charge in [-0.3, -0.25) is 14.4 Å². The summed E-state index contributed by atoms with van der Waals surface area (Å²) in [7, 11) is 0. The molecule has 2 aromatic rings. The molecule has 0 unspecified atom stereocenters. The number of ketones is 1. The van der Waals surface area contributed by atoms with Crippen LogP contribution in [0.2, 0.25) is 0 Å². The van der Waals surface area contributed by atoms with Crippen LogP contribution in [0.25, 0.3) is 0 Å². The number of nitrogens with one attached hydrogen (secondary N) is 1. The zero-order valence-corrected chi connectivity index (χ0v) is 15.8. The fourth-order valence-electron chi connectivity index (χ4n) is 2.98. The summed E-state index contributed by atoms with van der Waals surface area (Å²) >= 11 is 0. The molecule has 0 saturated carbocycles. The number of Topliss-reactive ketones (excluding diaryl/α,β-unsaturated/α-hetero) is 1. The van der Waals surface area contributed by atoms with Gasteiger partial charge in [0.25, 0.3) is 5.91 Å². The highest BCUT2D eigenvalue weighted by atomic mass is 19.1. The van der Waals surface area contributed by atoms with Gasteiger partial charge in [-0.15, -0.1) is 0 Å². The number of aromatic nitrogens is 1. The molecule has 0 aliphatic rings. The van der Waals surface area contributed by atoms with Crippen LogP contribution < -0.4 is 5.32 Å². The van der Waals surface area contributed by atoms with E-state index in [9.17, 15) is 18.8 Å². The van der Waals surface area contributed by atoms with Crippen LogP contribution in [-0.2, 0) is 9.53 Å². The van der Waals surface area contributed by atoms with Crippen LogP contribution in [0, 0.1) is 19.7 Å². The molecule has 0 bridgehead atoms. The van der Waals surface area contributed by atoms with Gasteiger partial charge >= 0.3 is 5.97 Å². The Kier molecular flexibility index (Phi) is 6.50. The monoisotopic (exact) mass is 374 g/mol. The molecule has 1 aromatic carbocycles. The number of nitrogens with zero attached hydrogens (tertiary/aromatic N) is 1. The van der Waals surface area contributed by atoms with Gasteiger partial charge in [-0.25, -0.2) is 4.39 Å². The van der Waals surface area contributed by atoms with Crippen LogP contribution in [-0.4, -0.2) is 35.4 Å². The van der Waals surface area contributed by atoms with Gasteiger partial charge in [0, 0.05) is 28.6 Å². The Labute approximate surface area is 157 Å². The molecule has 0 aliphatic heterocycles. The number of hydrogen-bond donors (Lipinski definition) is 1. The fraction of sp³-hybridized carbons (Fsp3) is 0.350. The number of rotatable bonds is 7. The van der Waals surface area contributed by atoms with Crippen molar-refractivity contribution in [3.05, 3.63) is 58.7 Å². The van der Waals surface area contributed by atoms with Crippen molar-refractivity contribution in [3.8, 4) is 0 Å². The number of amides is 1. The molecule has 0 spiro atoms. The Hall–Kier alpha value is -2.96. The Morgan fingerprint density at radius 2 is 1.78 bits per heavy atom. The normalized spacial score (nSPS) is 10.7. The summed E-state index contributed by atoms with van der Waals surface area (Å²) in [6.07, 6.45) is 0. The first-order valence-electron chi connectivity index (χ1n) is 8.61. The lowest BCUT2D eigenvalue weighted by Gasteiger charge is -2.13. The molecular weight excluding hydrogens is 351 g/mol. The van der Waals surface area contributed by atoms with Crippen LogP contribution in [0.4, 0.5) is 4.39 Å². The van der Waals surface area contributed by atoms with E-state index >= 15 is 0 Å². The number of carbonyl (C=O) groups is 3. The minimum absolute atomic E-state index is 0.218. The van der Waals surface area contributed by atoms with Crippen LogP contribution >= 0.6 is 0 Å². The molecule has 0 aliphatic carbocycles. The maximum absolute atomic E-state index is 12.8. The van der Waals surface area contributed by atoms with E-state index in [-0.39, 0.29) is 23.9 Å². The predicted molar refractivity (Wildman–Crippen MR) is 98.3 cm³/mol. The minimum atomic E-state index is -0.725. The highest BCUT2D eigenvalue weighted by Crippen LogP contribution is 2.20. The number of aryl methyl sites for hydroxylation is 1. The second-order valence-corrected chi connectivity index (χ2v) is 6.52. The molecule has 1 amide bonds. The van der Waals surface area contributed by atoms with Crippen molar-refractivity contribution in [3.63, 3.8) is 0 Å². The maximum Gasteiger partial charge on any atom is 0.325 e. The summed E-state index contributed by atoms with van der Waals surface area (Å²) in [5.74, 6) is -2.01. The summed E-state index contributed by atoms with van der Waals surface area (Å²) in [6, 6.07) is 6.92. The van der Waals surface area contributed by atoms with Crippen molar-refractivity contribution in [2.24, 2.45) is 0 Å². The lowest BCUT2D eigenvalue weighted by atomic mass is 10.1. The first kappa shape index (κ1) is 20.4.